The average Bonchev–Trinajstić information content (AvgIpc) is 3.10. The van der Waals surface area contributed by atoms with Crippen molar-refractivity contribution < 1.29 is 19.1 Å². The molecule has 0 saturated carbocycles. The third-order valence-electron chi connectivity index (χ3n) is 5.66. The summed E-state index contributed by atoms with van der Waals surface area (Å²) in [5.41, 5.74) is 5.22. The van der Waals surface area contributed by atoms with E-state index >= 15 is 0 Å². The maximum absolute atomic E-state index is 12.9. The topological polar surface area (TPSA) is 102 Å². The predicted molar refractivity (Wildman–Crippen MR) is 142 cm³/mol. The number of hydrazone groups is 1. The molecule has 1 unspecified atom stereocenters. The number of amides is 2. The van der Waals surface area contributed by atoms with Crippen molar-refractivity contribution in [2.45, 2.75) is 40.3 Å². The van der Waals surface area contributed by atoms with Gasteiger partial charge in [0, 0.05) is 27.7 Å². The Morgan fingerprint density at radius 2 is 1.83 bits per heavy atom. The molecule has 10 heteroatoms. The van der Waals surface area contributed by atoms with Crippen molar-refractivity contribution in [1.29, 1.82) is 0 Å². The van der Waals surface area contributed by atoms with Gasteiger partial charge < -0.3 is 14.6 Å². The lowest BCUT2D eigenvalue weighted by Crippen LogP contribution is -2.48. The van der Waals surface area contributed by atoms with E-state index in [4.69, 9.17) is 27.9 Å². The van der Waals surface area contributed by atoms with E-state index in [2.05, 4.69) is 15.8 Å². The Kier molecular flexibility index (Phi) is 9.12. The van der Waals surface area contributed by atoms with Crippen molar-refractivity contribution in [2.75, 3.05) is 6.61 Å². The first-order chi connectivity index (χ1) is 17.1. The highest BCUT2D eigenvalue weighted by molar-refractivity contribution is 6.42. The molecule has 0 aliphatic rings. The number of nitrogens with one attached hydrogen (secondary N) is 2. The van der Waals surface area contributed by atoms with Gasteiger partial charge in [0.05, 0.1) is 22.9 Å². The van der Waals surface area contributed by atoms with E-state index in [9.17, 15) is 14.4 Å². The molecular weight excluding hydrogens is 503 g/mol. The van der Waals surface area contributed by atoms with E-state index < -0.39 is 17.9 Å². The second kappa shape index (κ2) is 12.1. The first-order valence-corrected chi connectivity index (χ1v) is 12.2. The van der Waals surface area contributed by atoms with Crippen molar-refractivity contribution in [2.24, 2.45) is 11.0 Å². The van der Waals surface area contributed by atoms with Gasteiger partial charge in [-0.1, -0.05) is 55.2 Å². The fourth-order valence-corrected chi connectivity index (χ4v) is 4.09. The molecule has 1 heterocycles. The number of carbonyl (C=O) groups is 3. The number of carbonyl (C=O) groups excluding carboxylic acids is 3. The summed E-state index contributed by atoms with van der Waals surface area (Å²) in [5.74, 6) is -1.47. The number of rotatable bonds is 9. The quantitative estimate of drug-likeness (QED) is 0.237. The number of halogens is 2. The summed E-state index contributed by atoms with van der Waals surface area (Å²) < 4.78 is 6.95. The van der Waals surface area contributed by atoms with Gasteiger partial charge in [0.25, 0.3) is 11.8 Å². The number of nitrogens with zero attached hydrogens (tertiary/aromatic N) is 2. The fraction of sp³-hybridized carbons (Fsp3) is 0.308. The summed E-state index contributed by atoms with van der Waals surface area (Å²) in [6.45, 7) is 7.63. The summed E-state index contributed by atoms with van der Waals surface area (Å²) in [5, 5.41) is 8.33. The zero-order valence-electron chi connectivity index (χ0n) is 20.5. The molecule has 8 nitrogen and oxygen atoms in total. The van der Waals surface area contributed by atoms with Crippen LogP contribution in [0.4, 0.5) is 0 Å². The van der Waals surface area contributed by atoms with Crippen molar-refractivity contribution >= 4 is 58.1 Å². The lowest BCUT2D eigenvalue weighted by molar-refractivity contribution is -0.143. The maximum Gasteiger partial charge on any atom is 0.325 e. The Hall–Kier alpha value is -3.36. The number of para-hydroxylation sites is 1. The Balaban J connectivity index is 1.77. The van der Waals surface area contributed by atoms with Crippen molar-refractivity contribution in [3.05, 3.63) is 69.3 Å². The SMILES string of the molecule is CCOC(=O)Cn1c(C)c(C=NNC(=O)C(NC(=O)c2ccc(Cl)c(Cl)c2)C(C)C)c2ccccc21. The molecule has 0 aliphatic heterocycles. The van der Waals surface area contributed by atoms with Gasteiger partial charge in [-0.3, -0.25) is 14.4 Å². The molecule has 1 aromatic heterocycles. The largest absolute Gasteiger partial charge is 0.465 e. The molecule has 2 N–H and O–H groups in total. The van der Waals surface area contributed by atoms with Crippen LogP contribution in [-0.2, 0) is 20.9 Å². The fourth-order valence-electron chi connectivity index (χ4n) is 3.79. The monoisotopic (exact) mass is 530 g/mol. The molecular formula is C26H28Cl2N4O4. The molecule has 2 amide bonds. The Morgan fingerprint density at radius 3 is 2.50 bits per heavy atom. The molecule has 0 bridgehead atoms. The van der Waals surface area contributed by atoms with Gasteiger partial charge in [0.1, 0.15) is 12.6 Å². The molecule has 0 spiro atoms. The smallest absolute Gasteiger partial charge is 0.325 e. The van der Waals surface area contributed by atoms with Gasteiger partial charge in [0.2, 0.25) is 0 Å². The van der Waals surface area contributed by atoms with Crippen LogP contribution >= 0.6 is 23.2 Å². The van der Waals surface area contributed by atoms with Gasteiger partial charge in [0.15, 0.2) is 0 Å². The molecule has 36 heavy (non-hydrogen) atoms. The standard InChI is InChI=1S/C26H28Cl2N4O4/c1-5-36-23(33)14-32-16(4)19(18-8-6-7-9-22(18)32)13-29-31-26(35)24(15(2)3)30-25(34)17-10-11-20(27)21(28)12-17/h6-13,15,24H,5,14H2,1-4H3,(H,30,34)(H,31,35). The van der Waals surface area contributed by atoms with Crippen LogP contribution in [0.1, 0.15) is 42.4 Å². The van der Waals surface area contributed by atoms with E-state index in [0.717, 1.165) is 22.2 Å². The van der Waals surface area contributed by atoms with E-state index in [1.165, 1.54) is 24.4 Å². The second-order valence-electron chi connectivity index (χ2n) is 8.47. The lowest BCUT2D eigenvalue weighted by atomic mass is 10.0. The van der Waals surface area contributed by atoms with Gasteiger partial charge in [-0.05, 0) is 44.0 Å². The number of hydrogen-bond donors (Lipinski definition) is 2. The molecule has 3 rings (SSSR count). The van der Waals surface area contributed by atoms with Gasteiger partial charge in [-0.25, -0.2) is 5.43 Å². The number of esters is 1. The molecule has 0 saturated heterocycles. The van der Waals surface area contributed by atoms with Crippen LogP contribution in [0.15, 0.2) is 47.6 Å². The van der Waals surface area contributed by atoms with Crippen LogP contribution < -0.4 is 10.7 Å². The Bertz CT molecular complexity index is 1320. The van der Waals surface area contributed by atoms with Crippen LogP contribution in [0.3, 0.4) is 0 Å². The number of aromatic nitrogens is 1. The summed E-state index contributed by atoms with van der Waals surface area (Å²) >= 11 is 11.9. The lowest BCUT2D eigenvalue weighted by Gasteiger charge is -2.20. The van der Waals surface area contributed by atoms with Crippen molar-refractivity contribution in [3.8, 4) is 0 Å². The normalized spacial score (nSPS) is 12.2. The molecule has 0 radical (unpaired) electrons. The van der Waals surface area contributed by atoms with Gasteiger partial charge in [-0.2, -0.15) is 5.10 Å². The van der Waals surface area contributed by atoms with E-state index in [-0.39, 0.29) is 29.0 Å². The first-order valence-electron chi connectivity index (χ1n) is 11.5. The van der Waals surface area contributed by atoms with Crippen LogP contribution in [0.2, 0.25) is 10.0 Å². The molecule has 1 atom stereocenters. The maximum atomic E-state index is 12.9. The third-order valence-corrected chi connectivity index (χ3v) is 6.40. The highest BCUT2D eigenvalue weighted by Crippen LogP contribution is 2.25. The number of fused-ring (bicyclic) bond motifs is 1. The summed E-state index contributed by atoms with van der Waals surface area (Å²) in [7, 11) is 0. The van der Waals surface area contributed by atoms with Crippen LogP contribution in [0.5, 0.6) is 0 Å². The zero-order chi connectivity index (χ0) is 26.4. The summed E-state index contributed by atoms with van der Waals surface area (Å²) in [6, 6.07) is 11.3. The van der Waals surface area contributed by atoms with Crippen LogP contribution in [-0.4, -0.2) is 41.2 Å². The Morgan fingerprint density at radius 1 is 1.11 bits per heavy atom. The Labute approximate surface area is 219 Å². The minimum Gasteiger partial charge on any atom is -0.465 e. The zero-order valence-corrected chi connectivity index (χ0v) is 22.0. The van der Waals surface area contributed by atoms with E-state index in [1.807, 2.05) is 49.6 Å². The molecule has 2 aromatic carbocycles. The van der Waals surface area contributed by atoms with E-state index in [0.29, 0.717) is 11.6 Å². The molecule has 0 fully saturated rings. The summed E-state index contributed by atoms with van der Waals surface area (Å²) in [6.07, 6.45) is 1.54. The van der Waals surface area contributed by atoms with Crippen LogP contribution in [0, 0.1) is 12.8 Å². The molecule has 0 aliphatic carbocycles. The van der Waals surface area contributed by atoms with Crippen molar-refractivity contribution in [3.63, 3.8) is 0 Å². The number of ether oxygens (including phenoxy) is 1. The van der Waals surface area contributed by atoms with Crippen molar-refractivity contribution in [1.82, 2.24) is 15.3 Å². The number of benzene rings is 2. The second-order valence-corrected chi connectivity index (χ2v) is 9.28. The third kappa shape index (κ3) is 6.25. The van der Waals surface area contributed by atoms with E-state index in [1.54, 1.807) is 6.92 Å². The average molecular weight is 531 g/mol. The highest BCUT2D eigenvalue weighted by Gasteiger charge is 2.25. The minimum absolute atomic E-state index is 0.0660. The number of hydrogen-bond acceptors (Lipinski definition) is 5. The van der Waals surface area contributed by atoms with Gasteiger partial charge >= 0.3 is 5.97 Å². The van der Waals surface area contributed by atoms with Gasteiger partial charge in [-0.15, -0.1) is 0 Å². The predicted octanol–water partition coefficient (Wildman–Crippen LogP) is 4.72. The molecule has 3 aromatic rings. The minimum atomic E-state index is -0.838. The first kappa shape index (κ1) is 27.2. The van der Waals surface area contributed by atoms with Crippen LogP contribution in [0.25, 0.3) is 10.9 Å². The molecule has 190 valence electrons. The highest BCUT2D eigenvalue weighted by atomic mass is 35.5. The summed E-state index contributed by atoms with van der Waals surface area (Å²) in [4.78, 5) is 37.7.